The highest BCUT2D eigenvalue weighted by molar-refractivity contribution is 4.92. The first-order valence-electron chi connectivity index (χ1n) is 7.59. The summed E-state index contributed by atoms with van der Waals surface area (Å²) in [4.78, 5) is 0. The lowest BCUT2D eigenvalue weighted by Gasteiger charge is -2.34. The Morgan fingerprint density at radius 2 is 1.85 bits per heavy atom. The Balaban J connectivity index is 2.55. The molecular formula is C15H31N3O2. The van der Waals surface area contributed by atoms with Crippen LogP contribution < -0.4 is 10.9 Å². The molecule has 0 heterocycles. The van der Waals surface area contributed by atoms with E-state index in [0.29, 0.717) is 6.04 Å². The summed E-state index contributed by atoms with van der Waals surface area (Å²) >= 11 is 0. The van der Waals surface area contributed by atoms with Crippen molar-refractivity contribution in [1.29, 1.82) is 0 Å². The molecule has 1 rings (SSSR count). The predicted octanol–water partition coefficient (Wildman–Crippen LogP) is 1.66. The van der Waals surface area contributed by atoms with Gasteiger partial charge in [-0.25, -0.2) is 10.9 Å². The highest BCUT2D eigenvalue weighted by Crippen LogP contribution is 2.26. The summed E-state index contributed by atoms with van der Waals surface area (Å²) in [6.07, 6.45) is 3.59. The van der Waals surface area contributed by atoms with Gasteiger partial charge < -0.3 is 9.84 Å². The first-order chi connectivity index (χ1) is 9.40. The minimum absolute atomic E-state index is 0.0193. The fourth-order valence-corrected chi connectivity index (χ4v) is 2.22. The zero-order valence-electron chi connectivity index (χ0n) is 13.5. The van der Waals surface area contributed by atoms with Crippen LogP contribution >= 0.6 is 0 Å². The van der Waals surface area contributed by atoms with Crippen LogP contribution in [0.1, 0.15) is 40.5 Å². The second-order valence-electron chi connectivity index (χ2n) is 6.01. The molecule has 0 amide bonds. The summed E-state index contributed by atoms with van der Waals surface area (Å²) in [5, 5.41) is 12.1. The summed E-state index contributed by atoms with van der Waals surface area (Å²) in [7, 11) is 1.91. The minimum atomic E-state index is -0.752. The van der Waals surface area contributed by atoms with Crippen molar-refractivity contribution in [3.05, 3.63) is 12.7 Å². The van der Waals surface area contributed by atoms with E-state index in [4.69, 9.17) is 4.74 Å². The SMILES string of the molecule is C=CC(NN(NC)C1CC1)[C@H](C)[C@@H](C)[C@@H](O)OC(C)C. The van der Waals surface area contributed by atoms with Gasteiger partial charge in [0.1, 0.15) is 0 Å². The number of ether oxygens (including phenoxy) is 1. The average molecular weight is 285 g/mol. The molecule has 0 aromatic carbocycles. The van der Waals surface area contributed by atoms with Crippen molar-refractivity contribution in [2.24, 2.45) is 11.8 Å². The van der Waals surface area contributed by atoms with Gasteiger partial charge in [-0.1, -0.05) is 19.9 Å². The van der Waals surface area contributed by atoms with Gasteiger partial charge in [0, 0.05) is 25.0 Å². The van der Waals surface area contributed by atoms with E-state index in [1.165, 1.54) is 12.8 Å². The second-order valence-corrected chi connectivity index (χ2v) is 6.01. The maximum absolute atomic E-state index is 10.1. The van der Waals surface area contributed by atoms with Crippen molar-refractivity contribution in [3.63, 3.8) is 0 Å². The topological polar surface area (TPSA) is 56.8 Å². The smallest absolute Gasteiger partial charge is 0.157 e. The third-order valence-corrected chi connectivity index (χ3v) is 3.95. The van der Waals surface area contributed by atoms with Gasteiger partial charge >= 0.3 is 0 Å². The van der Waals surface area contributed by atoms with Crippen LogP contribution in [-0.4, -0.2) is 41.7 Å². The van der Waals surface area contributed by atoms with E-state index in [2.05, 4.69) is 24.4 Å². The molecule has 1 aliphatic rings. The van der Waals surface area contributed by atoms with Gasteiger partial charge in [-0.2, -0.15) is 5.12 Å². The normalized spacial score (nSPS) is 21.8. The molecule has 0 aromatic heterocycles. The van der Waals surface area contributed by atoms with E-state index in [1.807, 2.05) is 39.0 Å². The van der Waals surface area contributed by atoms with E-state index < -0.39 is 6.29 Å². The second kappa shape index (κ2) is 8.10. The number of nitrogens with one attached hydrogen (secondary N) is 2. The van der Waals surface area contributed by atoms with Gasteiger partial charge in [-0.05, 0) is 32.6 Å². The highest BCUT2D eigenvalue weighted by atomic mass is 16.6. The summed E-state index contributed by atoms with van der Waals surface area (Å²) in [6, 6.07) is 0.644. The lowest BCUT2D eigenvalue weighted by molar-refractivity contribution is -0.164. The minimum Gasteiger partial charge on any atom is -0.368 e. The third kappa shape index (κ3) is 5.14. The molecule has 0 saturated heterocycles. The maximum Gasteiger partial charge on any atom is 0.157 e. The van der Waals surface area contributed by atoms with E-state index in [9.17, 15) is 5.11 Å². The molecular weight excluding hydrogens is 254 g/mol. The molecule has 1 unspecified atom stereocenters. The Hall–Kier alpha value is -0.460. The fourth-order valence-electron chi connectivity index (χ4n) is 2.22. The molecule has 0 spiro atoms. The van der Waals surface area contributed by atoms with Crippen LogP contribution in [0.5, 0.6) is 0 Å². The number of hydrazine groups is 2. The van der Waals surface area contributed by atoms with Crippen LogP contribution in [0.15, 0.2) is 12.7 Å². The van der Waals surface area contributed by atoms with Crippen LogP contribution in [0, 0.1) is 11.8 Å². The van der Waals surface area contributed by atoms with Gasteiger partial charge in [0.15, 0.2) is 6.29 Å². The lowest BCUT2D eigenvalue weighted by atomic mass is 9.88. The zero-order valence-corrected chi connectivity index (χ0v) is 13.5. The Morgan fingerprint density at radius 3 is 2.25 bits per heavy atom. The number of aliphatic hydroxyl groups is 1. The van der Waals surface area contributed by atoms with E-state index >= 15 is 0 Å². The van der Waals surface area contributed by atoms with Gasteiger partial charge in [0.2, 0.25) is 0 Å². The van der Waals surface area contributed by atoms with E-state index in [-0.39, 0.29) is 24.0 Å². The summed E-state index contributed by atoms with van der Waals surface area (Å²) in [5.74, 6) is 0.224. The summed E-state index contributed by atoms with van der Waals surface area (Å²) < 4.78 is 5.48. The van der Waals surface area contributed by atoms with Crippen LogP contribution in [0.25, 0.3) is 0 Å². The molecule has 0 radical (unpaired) electrons. The molecule has 0 aliphatic heterocycles. The Labute approximate surface area is 123 Å². The van der Waals surface area contributed by atoms with E-state index in [1.54, 1.807) is 0 Å². The largest absolute Gasteiger partial charge is 0.368 e. The highest BCUT2D eigenvalue weighted by Gasteiger charge is 2.33. The van der Waals surface area contributed by atoms with Crippen molar-refractivity contribution in [3.8, 4) is 0 Å². The number of aliphatic hydroxyl groups excluding tert-OH is 1. The Bertz CT molecular complexity index is 295. The molecule has 20 heavy (non-hydrogen) atoms. The van der Waals surface area contributed by atoms with E-state index in [0.717, 1.165) is 0 Å². The van der Waals surface area contributed by atoms with Gasteiger partial charge in [-0.3, -0.25) is 0 Å². The molecule has 0 bridgehead atoms. The van der Waals surface area contributed by atoms with Crippen molar-refractivity contribution >= 4 is 0 Å². The predicted molar refractivity (Wildman–Crippen MR) is 81.6 cm³/mol. The number of nitrogens with zero attached hydrogens (tertiary/aromatic N) is 1. The molecule has 0 aromatic rings. The Morgan fingerprint density at radius 1 is 1.25 bits per heavy atom. The van der Waals surface area contributed by atoms with Crippen molar-refractivity contribution in [2.75, 3.05) is 7.05 Å². The molecule has 1 aliphatic carbocycles. The van der Waals surface area contributed by atoms with Gasteiger partial charge in [-0.15, -0.1) is 6.58 Å². The summed E-state index contributed by atoms with van der Waals surface area (Å²) in [6.45, 7) is 11.9. The molecule has 118 valence electrons. The number of hydrogen-bond donors (Lipinski definition) is 3. The third-order valence-electron chi connectivity index (χ3n) is 3.95. The maximum atomic E-state index is 10.1. The first-order valence-corrected chi connectivity index (χ1v) is 7.59. The number of rotatable bonds is 10. The molecule has 5 nitrogen and oxygen atoms in total. The molecule has 1 fully saturated rings. The van der Waals surface area contributed by atoms with Crippen LogP contribution in [-0.2, 0) is 4.74 Å². The fraction of sp³-hybridized carbons (Fsp3) is 0.867. The van der Waals surface area contributed by atoms with Gasteiger partial charge in [0.05, 0.1) is 6.10 Å². The quantitative estimate of drug-likeness (QED) is 0.324. The monoisotopic (exact) mass is 285 g/mol. The standard InChI is InChI=1S/C15H31N3O2/c1-7-14(17-18(16-6)13-8-9-13)11(4)12(5)15(19)20-10(2)3/h7,10-17,19H,1,8-9H2,2-6H3/t11-,12-,14?,15+/m1/s1. The first kappa shape index (κ1) is 17.6. The lowest BCUT2D eigenvalue weighted by Crippen LogP contribution is -2.54. The Kier molecular flexibility index (Phi) is 7.12. The van der Waals surface area contributed by atoms with Crippen LogP contribution in [0.3, 0.4) is 0 Å². The summed E-state index contributed by atoms with van der Waals surface area (Å²) in [5.41, 5.74) is 6.61. The molecule has 4 atom stereocenters. The molecule has 5 heteroatoms. The molecule has 1 saturated carbocycles. The van der Waals surface area contributed by atoms with Crippen LogP contribution in [0.2, 0.25) is 0 Å². The zero-order chi connectivity index (χ0) is 15.3. The van der Waals surface area contributed by atoms with Crippen molar-refractivity contribution in [2.45, 2.75) is 65.0 Å². The number of hydrogen-bond acceptors (Lipinski definition) is 5. The van der Waals surface area contributed by atoms with Crippen molar-refractivity contribution in [1.82, 2.24) is 16.0 Å². The van der Waals surface area contributed by atoms with Gasteiger partial charge in [0.25, 0.3) is 0 Å². The van der Waals surface area contributed by atoms with Crippen LogP contribution in [0.4, 0.5) is 0 Å². The molecule has 3 N–H and O–H groups in total. The average Bonchev–Trinajstić information content (AvgIpc) is 3.22. The van der Waals surface area contributed by atoms with Crippen molar-refractivity contribution < 1.29 is 9.84 Å².